The van der Waals surface area contributed by atoms with Gasteiger partial charge in [0.1, 0.15) is 5.82 Å². The van der Waals surface area contributed by atoms with Crippen LogP contribution >= 0.6 is 15.9 Å². The molecule has 0 aliphatic carbocycles. The molecule has 0 spiro atoms. The molecule has 112 valence electrons. The molecule has 0 aromatic heterocycles. The smallest absolute Gasteiger partial charge is 0.129 e. The lowest BCUT2D eigenvalue weighted by molar-refractivity contribution is 0.0994. The molecule has 0 amide bonds. The maximum atomic E-state index is 14.1. The number of ether oxygens (including phenoxy) is 1. The zero-order valence-corrected chi connectivity index (χ0v) is 13.6. The summed E-state index contributed by atoms with van der Waals surface area (Å²) >= 11 is 3.48. The molecule has 0 bridgehead atoms. The van der Waals surface area contributed by atoms with E-state index in [1.165, 1.54) is 6.07 Å². The van der Waals surface area contributed by atoms with Gasteiger partial charge in [0.2, 0.25) is 0 Å². The van der Waals surface area contributed by atoms with Gasteiger partial charge in [-0.3, -0.25) is 0 Å². The van der Waals surface area contributed by atoms with Crippen molar-refractivity contribution in [1.29, 1.82) is 0 Å². The highest BCUT2D eigenvalue weighted by atomic mass is 79.9. The van der Waals surface area contributed by atoms with Gasteiger partial charge >= 0.3 is 0 Å². The van der Waals surface area contributed by atoms with Crippen LogP contribution in [0.25, 0.3) is 0 Å². The molecule has 20 heavy (non-hydrogen) atoms. The van der Waals surface area contributed by atoms with E-state index in [9.17, 15) is 4.39 Å². The van der Waals surface area contributed by atoms with Gasteiger partial charge in [0.05, 0.1) is 6.10 Å². The highest BCUT2D eigenvalue weighted by Gasteiger charge is 2.22. The van der Waals surface area contributed by atoms with Crippen molar-refractivity contribution < 1.29 is 9.13 Å². The topological polar surface area (TPSA) is 21.3 Å². The quantitative estimate of drug-likeness (QED) is 0.781. The first kappa shape index (κ1) is 15.9. The summed E-state index contributed by atoms with van der Waals surface area (Å²) in [7, 11) is 0. The van der Waals surface area contributed by atoms with Gasteiger partial charge in [-0.25, -0.2) is 4.39 Å². The highest BCUT2D eigenvalue weighted by molar-refractivity contribution is 9.10. The number of rotatable bonds is 7. The van der Waals surface area contributed by atoms with E-state index >= 15 is 0 Å². The summed E-state index contributed by atoms with van der Waals surface area (Å²) in [5.41, 5.74) is 0.749. The Morgan fingerprint density at radius 1 is 1.50 bits per heavy atom. The van der Waals surface area contributed by atoms with E-state index in [2.05, 4.69) is 28.2 Å². The Morgan fingerprint density at radius 3 is 3.00 bits per heavy atom. The predicted octanol–water partition coefficient (Wildman–Crippen LogP) is 4.59. The Hall–Kier alpha value is -0.450. The fourth-order valence-corrected chi connectivity index (χ4v) is 3.35. The van der Waals surface area contributed by atoms with Gasteiger partial charge in [-0.05, 0) is 50.8 Å². The molecule has 2 nitrogen and oxygen atoms in total. The molecule has 2 unspecified atom stereocenters. The van der Waals surface area contributed by atoms with Crippen LogP contribution in [0.5, 0.6) is 0 Å². The Kier molecular flexibility index (Phi) is 6.46. The van der Waals surface area contributed by atoms with Crippen molar-refractivity contribution in [2.24, 2.45) is 0 Å². The summed E-state index contributed by atoms with van der Waals surface area (Å²) in [5, 5.41) is 3.47. The van der Waals surface area contributed by atoms with Crippen LogP contribution in [0.2, 0.25) is 0 Å². The fraction of sp³-hybridized carbons (Fsp3) is 0.625. The lowest BCUT2D eigenvalue weighted by Gasteiger charge is -2.22. The van der Waals surface area contributed by atoms with Crippen molar-refractivity contribution in [3.05, 3.63) is 34.1 Å². The first-order valence-electron chi connectivity index (χ1n) is 7.51. The number of benzene rings is 1. The van der Waals surface area contributed by atoms with E-state index in [-0.39, 0.29) is 11.9 Å². The predicted molar refractivity (Wildman–Crippen MR) is 83.3 cm³/mol. The van der Waals surface area contributed by atoms with Gasteiger partial charge in [-0.15, -0.1) is 0 Å². The van der Waals surface area contributed by atoms with Gasteiger partial charge < -0.3 is 10.1 Å². The molecule has 1 fully saturated rings. The summed E-state index contributed by atoms with van der Waals surface area (Å²) < 4.78 is 20.6. The Balaban J connectivity index is 2.05. The molecule has 0 saturated carbocycles. The van der Waals surface area contributed by atoms with Crippen molar-refractivity contribution in [2.75, 3.05) is 13.2 Å². The van der Waals surface area contributed by atoms with E-state index in [0.29, 0.717) is 6.10 Å². The van der Waals surface area contributed by atoms with Gasteiger partial charge in [-0.1, -0.05) is 28.9 Å². The number of hydrogen-bond acceptors (Lipinski definition) is 2. The lowest BCUT2D eigenvalue weighted by atomic mass is 9.98. The number of halogens is 2. The van der Waals surface area contributed by atoms with E-state index < -0.39 is 0 Å². The zero-order chi connectivity index (χ0) is 14.4. The molecule has 1 aromatic carbocycles. The molecule has 1 N–H and O–H groups in total. The van der Waals surface area contributed by atoms with E-state index in [1.54, 1.807) is 6.07 Å². The highest BCUT2D eigenvalue weighted by Crippen LogP contribution is 2.31. The zero-order valence-electron chi connectivity index (χ0n) is 12.0. The molecule has 2 rings (SSSR count). The van der Waals surface area contributed by atoms with E-state index in [0.717, 1.165) is 55.3 Å². The Morgan fingerprint density at radius 2 is 2.35 bits per heavy atom. The van der Waals surface area contributed by atoms with Crippen molar-refractivity contribution >= 4 is 15.9 Å². The normalized spacial score (nSPS) is 20.2. The number of nitrogens with one attached hydrogen (secondary N) is 1. The first-order valence-corrected chi connectivity index (χ1v) is 8.30. The lowest BCUT2D eigenvalue weighted by Crippen LogP contribution is -2.24. The van der Waals surface area contributed by atoms with Crippen LogP contribution in [0.3, 0.4) is 0 Å². The summed E-state index contributed by atoms with van der Waals surface area (Å²) in [6.07, 6.45) is 5.58. The SMILES string of the molecule is CCCNC(CCC1CCCO1)c1c(F)cccc1Br. The van der Waals surface area contributed by atoms with E-state index in [1.807, 2.05) is 6.07 Å². The maximum Gasteiger partial charge on any atom is 0.129 e. The second-order valence-corrected chi connectivity index (χ2v) is 6.21. The second kappa shape index (κ2) is 8.11. The molecule has 1 aliphatic heterocycles. The van der Waals surface area contributed by atoms with Crippen molar-refractivity contribution in [3.8, 4) is 0 Å². The van der Waals surface area contributed by atoms with Gasteiger partial charge in [-0.2, -0.15) is 0 Å². The summed E-state index contributed by atoms with van der Waals surface area (Å²) in [5.74, 6) is -0.139. The summed E-state index contributed by atoms with van der Waals surface area (Å²) in [6.45, 7) is 3.90. The Labute approximate surface area is 129 Å². The van der Waals surface area contributed by atoms with Gasteiger partial charge in [0.25, 0.3) is 0 Å². The van der Waals surface area contributed by atoms with Gasteiger partial charge in [0.15, 0.2) is 0 Å². The summed E-state index contributed by atoms with van der Waals surface area (Å²) in [4.78, 5) is 0. The third-order valence-corrected chi connectivity index (χ3v) is 4.48. The molecular formula is C16H23BrFNO. The standard InChI is InChI=1S/C16H23BrFNO/c1-2-10-19-15(9-8-12-5-4-11-20-12)16-13(17)6-3-7-14(16)18/h3,6-7,12,15,19H,2,4-5,8-11H2,1H3. The second-order valence-electron chi connectivity index (χ2n) is 5.35. The molecule has 1 aromatic rings. The average Bonchev–Trinajstić information content (AvgIpc) is 2.94. The van der Waals surface area contributed by atoms with Crippen LogP contribution in [-0.2, 0) is 4.74 Å². The molecule has 2 atom stereocenters. The molecule has 4 heteroatoms. The third kappa shape index (κ3) is 4.27. The molecule has 1 aliphatic rings. The van der Waals surface area contributed by atoms with Crippen molar-refractivity contribution in [1.82, 2.24) is 5.32 Å². The minimum Gasteiger partial charge on any atom is -0.378 e. The van der Waals surface area contributed by atoms with Gasteiger partial charge in [0, 0.05) is 22.7 Å². The van der Waals surface area contributed by atoms with Crippen LogP contribution < -0.4 is 5.32 Å². The van der Waals surface area contributed by atoms with Crippen LogP contribution in [-0.4, -0.2) is 19.3 Å². The van der Waals surface area contributed by atoms with Crippen molar-refractivity contribution in [3.63, 3.8) is 0 Å². The van der Waals surface area contributed by atoms with Crippen LogP contribution in [0.4, 0.5) is 4.39 Å². The average molecular weight is 344 g/mol. The monoisotopic (exact) mass is 343 g/mol. The maximum absolute atomic E-state index is 14.1. The first-order chi connectivity index (χ1) is 9.72. The van der Waals surface area contributed by atoms with E-state index in [4.69, 9.17) is 4.74 Å². The number of hydrogen-bond donors (Lipinski definition) is 1. The minimum atomic E-state index is -0.139. The molecule has 0 radical (unpaired) electrons. The summed E-state index contributed by atoms with van der Waals surface area (Å²) in [6, 6.07) is 5.23. The van der Waals surface area contributed by atoms with Crippen LogP contribution in [0.15, 0.2) is 22.7 Å². The Bertz CT molecular complexity index is 401. The van der Waals surface area contributed by atoms with Crippen LogP contribution in [0, 0.1) is 5.82 Å². The van der Waals surface area contributed by atoms with Crippen LogP contribution in [0.1, 0.15) is 50.6 Å². The fourth-order valence-electron chi connectivity index (χ4n) is 2.74. The molecule has 1 heterocycles. The minimum absolute atomic E-state index is 0.0507. The molecular weight excluding hydrogens is 321 g/mol. The van der Waals surface area contributed by atoms with Crippen molar-refractivity contribution in [2.45, 2.75) is 51.2 Å². The third-order valence-electron chi connectivity index (χ3n) is 3.79. The molecule has 1 saturated heterocycles. The largest absolute Gasteiger partial charge is 0.378 e.